The number of ether oxygens (including phenoxy) is 1. The van der Waals surface area contributed by atoms with Crippen LogP contribution in [0.4, 0.5) is 11.4 Å². The number of amides is 1. The van der Waals surface area contributed by atoms with Crippen molar-refractivity contribution in [1.29, 1.82) is 0 Å². The molecular weight excluding hydrogens is 456 g/mol. The third-order valence-electron chi connectivity index (χ3n) is 5.60. The molecule has 1 aliphatic rings. The maximum atomic E-state index is 13.2. The van der Waals surface area contributed by atoms with Crippen molar-refractivity contribution in [1.82, 2.24) is 0 Å². The molecule has 0 atom stereocenters. The molecule has 5 rings (SSSR count). The first-order valence-electron chi connectivity index (χ1n) is 10.8. The summed E-state index contributed by atoms with van der Waals surface area (Å²) in [4.78, 5) is 16.5. The average molecular weight is 479 g/mol. The number of carbonyl (C=O) groups is 1. The van der Waals surface area contributed by atoms with E-state index in [4.69, 9.17) is 20.8 Å². The number of hydrogen-bond acceptors (Lipinski definition) is 5. The largest absolute Gasteiger partial charge is 0.451 e. The Kier molecular flexibility index (Phi) is 6.58. The lowest BCUT2D eigenvalue weighted by Crippen LogP contribution is -2.36. The van der Waals surface area contributed by atoms with E-state index in [1.165, 1.54) is 0 Å². The molecule has 0 radical (unpaired) electrons. The fraction of sp³-hybridized carbons (Fsp3) is 0.192. The number of furan rings is 1. The predicted octanol–water partition coefficient (Wildman–Crippen LogP) is 6.47. The molecule has 1 aromatic heterocycles. The molecule has 0 saturated carbocycles. The Bertz CT molecular complexity index is 1250. The van der Waals surface area contributed by atoms with E-state index in [2.05, 4.69) is 10.2 Å². The van der Waals surface area contributed by atoms with Crippen LogP contribution in [0.1, 0.15) is 16.1 Å². The Hall–Kier alpha value is -2.93. The summed E-state index contributed by atoms with van der Waals surface area (Å²) >= 11 is 7.64. The summed E-state index contributed by atoms with van der Waals surface area (Å²) in [6.07, 6.45) is 0. The van der Waals surface area contributed by atoms with E-state index in [9.17, 15) is 4.79 Å². The van der Waals surface area contributed by atoms with Crippen molar-refractivity contribution < 1.29 is 13.9 Å². The smallest absolute Gasteiger partial charge is 0.291 e. The number of morpholine rings is 1. The van der Waals surface area contributed by atoms with Gasteiger partial charge in [0.1, 0.15) is 5.58 Å². The van der Waals surface area contributed by atoms with Crippen LogP contribution in [-0.2, 0) is 10.5 Å². The number of anilines is 2. The second-order valence-corrected chi connectivity index (χ2v) is 9.23. The van der Waals surface area contributed by atoms with Gasteiger partial charge < -0.3 is 19.4 Å². The zero-order chi connectivity index (χ0) is 22.6. The van der Waals surface area contributed by atoms with Crippen molar-refractivity contribution in [3.8, 4) is 0 Å². The summed E-state index contributed by atoms with van der Waals surface area (Å²) in [5.74, 6) is 0.698. The molecule has 33 heavy (non-hydrogen) atoms. The number of nitrogens with zero attached hydrogens (tertiary/aromatic N) is 1. The van der Waals surface area contributed by atoms with Gasteiger partial charge in [0.15, 0.2) is 5.76 Å². The van der Waals surface area contributed by atoms with Gasteiger partial charge in [-0.1, -0.05) is 29.8 Å². The van der Waals surface area contributed by atoms with Gasteiger partial charge in [0.2, 0.25) is 0 Å². The van der Waals surface area contributed by atoms with Gasteiger partial charge in [-0.05, 0) is 54.6 Å². The van der Waals surface area contributed by atoms with E-state index in [0.717, 1.165) is 53.5 Å². The second-order valence-electron chi connectivity index (χ2n) is 7.75. The van der Waals surface area contributed by atoms with Crippen LogP contribution >= 0.6 is 23.4 Å². The summed E-state index contributed by atoms with van der Waals surface area (Å²) < 4.78 is 11.4. The summed E-state index contributed by atoms with van der Waals surface area (Å²) in [6.45, 7) is 3.22. The van der Waals surface area contributed by atoms with E-state index in [1.807, 2.05) is 72.8 Å². The van der Waals surface area contributed by atoms with Gasteiger partial charge in [0.25, 0.3) is 5.91 Å². The van der Waals surface area contributed by atoms with E-state index in [0.29, 0.717) is 22.1 Å². The van der Waals surface area contributed by atoms with Crippen LogP contribution in [-0.4, -0.2) is 32.2 Å². The summed E-state index contributed by atoms with van der Waals surface area (Å²) in [5.41, 5.74) is 3.44. The first-order chi connectivity index (χ1) is 16.2. The minimum atomic E-state index is -0.253. The zero-order valence-electron chi connectivity index (χ0n) is 17.9. The van der Waals surface area contributed by atoms with Crippen LogP contribution in [0.15, 0.2) is 82.1 Å². The lowest BCUT2D eigenvalue weighted by atomic mass is 10.1. The third kappa shape index (κ3) is 5.03. The third-order valence-corrected chi connectivity index (χ3v) is 6.89. The Morgan fingerprint density at radius 3 is 2.45 bits per heavy atom. The Morgan fingerprint density at radius 1 is 0.970 bits per heavy atom. The number of thioether (sulfide) groups is 1. The summed E-state index contributed by atoms with van der Waals surface area (Å²) in [6, 6.07) is 23.3. The molecule has 4 aromatic rings. The second kappa shape index (κ2) is 9.91. The van der Waals surface area contributed by atoms with Crippen LogP contribution in [0, 0.1) is 0 Å². The Labute approximate surface area is 201 Å². The Balaban J connectivity index is 1.35. The van der Waals surface area contributed by atoms with Crippen molar-refractivity contribution >= 4 is 51.6 Å². The van der Waals surface area contributed by atoms with Gasteiger partial charge in [-0.2, -0.15) is 0 Å². The molecule has 3 aromatic carbocycles. The maximum Gasteiger partial charge on any atom is 0.291 e. The lowest BCUT2D eigenvalue weighted by molar-refractivity contribution is 0.0998. The first kappa shape index (κ1) is 21.9. The molecule has 1 aliphatic heterocycles. The Morgan fingerprint density at radius 2 is 1.70 bits per heavy atom. The van der Waals surface area contributed by atoms with Gasteiger partial charge in [-0.25, -0.2) is 0 Å². The fourth-order valence-corrected chi connectivity index (χ4v) is 4.93. The van der Waals surface area contributed by atoms with Crippen molar-refractivity contribution in [3.05, 3.63) is 89.1 Å². The van der Waals surface area contributed by atoms with Gasteiger partial charge in [0.05, 0.1) is 13.2 Å². The molecule has 0 bridgehead atoms. The quantitative estimate of drug-likeness (QED) is 0.322. The molecule has 0 aliphatic carbocycles. The highest BCUT2D eigenvalue weighted by Gasteiger charge is 2.21. The number of rotatable bonds is 6. The number of halogens is 1. The molecule has 1 amide bonds. The molecule has 168 valence electrons. The van der Waals surface area contributed by atoms with Crippen LogP contribution in [0.5, 0.6) is 0 Å². The molecule has 5 nitrogen and oxygen atoms in total. The first-order valence-corrected chi connectivity index (χ1v) is 12.2. The average Bonchev–Trinajstić information content (AvgIpc) is 3.23. The van der Waals surface area contributed by atoms with Crippen molar-refractivity contribution in [2.75, 3.05) is 36.5 Å². The van der Waals surface area contributed by atoms with E-state index in [-0.39, 0.29) is 5.91 Å². The number of para-hydroxylation sites is 1. The molecule has 0 unspecified atom stereocenters. The number of hydrogen-bond donors (Lipinski definition) is 1. The molecule has 0 spiro atoms. The number of carbonyl (C=O) groups excluding carboxylic acids is 1. The topological polar surface area (TPSA) is 54.7 Å². The maximum absolute atomic E-state index is 13.2. The number of nitrogens with one attached hydrogen (secondary N) is 1. The van der Waals surface area contributed by atoms with Crippen LogP contribution < -0.4 is 10.2 Å². The van der Waals surface area contributed by atoms with Gasteiger partial charge in [0, 0.05) is 51.1 Å². The number of fused-ring (bicyclic) bond motifs is 1. The SMILES string of the molecule is O=C(Nc1ccc(N2CCOCC2)cc1)c1oc2ccccc2c1CSc1ccc(Cl)cc1. The molecule has 1 N–H and O–H groups in total. The van der Waals surface area contributed by atoms with Crippen molar-refractivity contribution in [3.63, 3.8) is 0 Å². The van der Waals surface area contributed by atoms with Gasteiger partial charge in [-0.3, -0.25) is 4.79 Å². The fourth-order valence-electron chi connectivity index (χ4n) is 3.88. The molecule has 2 heterocycles. The number of benzene rings is 3. The molecule has 1 saturated heterocycles. The monoisotopic (exact) mass is 478 g/mol. The minimum Gasteiger partial charge on any atom is -0.451 e. The molecule has 7 heteroatoms. The normalized spacial score (nSPS) is 13.9. The highest BCUT2D eigenvalue weighted by molar-refractivity contribution is 7.98. The molecule has 1 fully saturated rings. The lowest BCUT2D eigenvalue weighted by Gasteiger charge is -2.28. The summed E-state index contributed by atoms with van der Waals surface area (Å²) in [5, 5.41) is 4.65. The van der Waals surface area contributed by atoms with Crippen LogP contribution in [0.25, 0.3) is 11.0 Å². The summed E-state index contributed by atoms with van der Waals surface area (Å²) in [7, 11) is 0. The van der Waals surface area contributed by atoms with E-state index in [1.54, 1.807) is 11.8 Å². The minimum absolute atomic E-state index is 0.253. The zero-order valence-corrected chi connectivity index (χ0v) is 19.5. The van der Waals surface area contributed by atoms with Gasteiger partial charge in [-0.15, -0.1) is 11.8 Å². The highest BCUT2D eigenvalue weighted by Crippen LogP contribution is 2.33. The van der Waals surface area contributed by atoms with Crippen molar-refractivity contribution in [2.24, 2.45) is 0 Å². The van der Waals surface area contributed by atoms with E-state index >= 15 is 0 Å². The van der Waals surface area contributed by atoms with Crippen molar-refractivity contribution in [2.45, 2.75) is 10.6 Å². The van der Waals surface area contributed by atoms with E-state index < -0.39 is 0 Å². The molecular formula is C26H23ClN2O3S. The standard InChI is InChI=1S/C26H23ClN2O3S/c27-18-5-11-21(12-6-18)33-17-23-22-3-1-2-4-24(22)32-25(23)26(30)28-19-7-9-20(10-8-19)29-13-15-31-16-14-29/h1-12H,13-17H2,(H,28,30). The predicted molar refractivity (Wildman–Crippen MR) is 135 cm³/mol. The van der Waals surface area contributed by atoms with Crippen LogP contribution in [0.2, 0.25) is 5.02 Å². The van der Waals surface area contributed by atoms with Gasteiger partial charge >= 0.3 is 0 Å². The van der Waals surface area contributed by atoms with Crippen LogP contribution in [0.3, 0.4) is 0 Å². The highest BCUT2D eigenvalue weighted by atomic mass is 35.5.